The molecular weight excluding hydrogens is 434 g/mol. The number of carbonyl (C=O) groups excluding carboxylic acids is 1. The van der Waals surface area contributed by atoms with Gasteiger partial charge in [0.1, 0.15) is 17.8 Å². The van der Waals surface area contributed by atoms with Crippen LogP contribution in [-0.4, -0.2) is 36.3 Å². The minimum atomic E-state index is -1.22. The van der Waals surface area contributed by atoms with Crippen molar-refractivity contribution < 1.29 is 14.7 Å². The van der Waals surface area contributed by atoms with Gasteiger partial charge in [0.05, 0.1) is 6.20 Å². The highest BCUT2D eigenvalue weighted by Crippen LogP contribution is 2.29. The Labute approximate surface area is 195 Å². The second-order valence-electron chi connectivity index (χ2n) is 7.94. The number of fused-ring (bicyclic) bond motifs is 1. The Balaban J connectivity index is 1.85. The molecule has 0 fully saturated rings. The van der Waals surface area contributed by atoms with Gasteiger partial charge >= 0.3 is 5.97 Å². The molecule has 34 heavy (non-hydrogen) atoms. The third-order valence-corrected chi connectivity index (χ3v) is 5.49. The van der Waals surface area contributed by atoms with Crippen LogP contribution in [0.25, 0.3) is 28.2 Å². The predicted octanol–water partition coefficient (Wildman–Crippen LogP) is 2.76. The van der Waals surface area contributed by atoms with Crippen LogP contribution < -0.4 is 10.9 Å². The highest BCUT2D eigenvalue weighted by Gasteiger charge is 2.21. The molecule has 0 unspecified atom stereocenters. The number of hydrogen-bond donors (Lipinski definition) is 2. The molecule has 0 saturated carbocycles. The van der Waals surface area contributed by atoms with Gasteiger partial charge < -0.3 is 10.4 Å². The Hall–Kier alpha value is -4.53. The Bertz CT molecular complexity index is 1480. The minimum absolute atomic E-state index is 0.157. The number of nitrogens with zero attached hydrogens (tertiary/aromatic N) is 4. The molecule has 0 aliphatic heterocycles. The monoisotopic (exact) mass is 457 g/mol. The molecule has 9 nitrogen and oxygen atoms in total. The molecule has 4 rings (SSSR count). The van der Waals surface area contributed by atoms with E-state index < -0.39 is 24.0 Å². The van der Waals surface area contributed by atoms with E-state index in [9.17, 15) is 19.5 Å². The highest BCUT2D eigenvalue weighted by atomic mass is 16.4. The molecule has 4 aromatic rings. The van der Waals surface area contributed by atoms with Gasteiger partial charge in [0.2, 0.25) is 0 Å². The molecular formula is C25H23N5O4. The van der Waals surface area contributed by atoms with Crippen molar-refractivity contribution in [2.75, 3.05) is 0 Å². The van der Waals surface area contributed by atoms with Crippen molar-refractivity contribution in [1.29, 1.82) is 0 Å². The number of pyridine rings is 2. The summed E-state index contributed by atoms with van der Waals surface area (Å²) in [5.41, 5.74) is 3.31. The molecule has 3 aromatic heterocycles. The van der Waals surface area contributed by atoms with Crippen molar-refractivity contribution in [2.45, 2.75) is 20.0 Å². The minimum Gasteiger partial charge on any atom is -0.480 e. The summed E-state index contributed by atoms with van der Waals surface area (Å²) < 4.78 is 2.64. The van der Waals surface area contributed by atoms with Crippen molar-refractivity contribution in [3.8, 4) is 11.1 Å². The van der Waals surface area contributed by atoms with Crippen LogP contribution in [0, 0.1) is 6.92 Å². The predicted molar refractivity (Wildman–Crippen MR) is 128 cm³/mol. The first-order chi connectivity index (χ1) is 16.3. The average Bonchev–Trinajstić information content (AvgIpc) is 3.25. The molecule has 1 aromatic carbocycles. The first-order valence-electron chi connectivity index (χ1n) is 10.5. The molecule has 3 heterocycles. The maximum atomic E-state index is 13.1. The lowest BCUT2D eigenvalue weighted by atomic mass is 10.00. The fourth-order valence-electron chi connectivity index (χ4n) is 3.77. The van der Waals surface area contributed by atoms with Gasteiger partial charge in [0, 0.05) is 42.5 Å². The second kappa shape index (κ2) is 9.14. The van der Waals surface area contributed by atoms with E-state index >= 15 is 0 Å². The number of carboxylic acid groups (broad SMARTS) is 1. The molecule has 172 valence electrons. The summed E-state index contributed by atoms with van der Waals surface area (Å²) >= 11 is 0. The van der Waals surface area contributed by atoms with Crippen LogP contribution in [0.15, 0.2) is 60.3 Å². The Morgan fingerprint density at radius 2 is 1.94 bits per heavy atom. The van der Waals surface area contributed by atoms with E-state index in [0.717, 1.165) is 21.3 Å². The number of nitrogens with one attached hydrogen (secondary N) is 1. The number of rotatable bonds is 7. The van der Waals surface area contributed by atoms with Gasteiger partial charge in [-0.2, -0.15) is 5.10 Å². The van der Waals surface area contributed by atoms with E-state index in [1.807, 2.05) is 31.2 Å². The zero-order valence-corrected chi connectivity index (χ0v) is 18.8. The number of amides is 1. The quantitative estimate of drug-likeness (QED) is 0.440. The van der Waals surface area contributed by atoms with Crippen LogP contribution >= 0.6 is 0 Å². The number of aliphatic carboxylic acids is 1. The van der Waals surface area contributed by atoms with E-state index in [1.165, 1.54) is 6.07 Å². The molecule has 9 heteroatoms. The van der Waals surface area contributed by atoms with Gasteiger partial charge in [0.25, 0.3) is 11.5 Å². The number of aryl methyl sites for hydroxylation is 2. The largest absolute Gasteiger partial charge is 0.480 e. The summed E-state index contributed by atoms with van der Waals surface area (Å²) in [6.07, 6.45) is 6.61. The summed E-state index contributed by atoms with van der Waals surface area (Å²) in [4.78, 5) is 42.0. The van der Waals surface area contributed by atoms with Crippen LogP contribution in [0.5, 0.6) is 0 Å². The Morgan fingerprint density at radius 3 is 2.56 bits per heavy atom. The lowest BCUT2D eigenvalue weighted by Gasteiger charge is -2.14. The first kappa shape index (κ1) is 22.7. The van der Waals surface area contributed by atoms with Crippen molar-refractivity contribution in [3.05, 3.63) is 88.1 Å². The normalized spacial score (nSPS) is 10.9. The summed E-state index contributed by atoms with van der Waals surface area (Å²) in [6, 6.07) is 9.08. The van der Waals surface area contributed by atoms with Crippen LogP contribution in [0.1, 0.15) is 27.0 Å². The lowest BCUT2D eigenvalue weighted by Crippen LogP contribution is -2.34. The number of aromatic nitrogens is 4. The van der Waals surface area contributed by atoms with Gasteiger partial charge in [-0.05, 0) is 24.1 Å². The molecule has 1 amide bonds. The zero-order chi connectivity index (χ0) is 24.4. The number of carbonyl (C=O) groups is 2. The number of hydrogen-bond acceptors (Lipinski definition) is 5. The molecule has 0 aliphatic rings. The van der Waals surface area contributed by atoms with Crippen molar-refractivity contribution in [1.82, 2.24) is 24.6 Å². The smallest absolute Gasteiger partial charge is 0.323 e. The van der Waals surface area contributed by atoms with E-state index in [2.05, 4.69) is 22.0 Å². The van der Waals surface area contributed by atoms with E-state index in [0.29, 0.717) is 16.5 Å². The van der Waals surface area contributed by atoms with Gasteiger partial charge in [-0.25, -0.2) is 4.98 Å². The number of carboxylic acids is 1. The SMILES string of the molecule is C=Cc1c(-c2cnn(C)c2)cnc2c1cc(C(=O)NCc1ccc(C)cc1)c(=O)n2CC(=O)O. The zero-order valence-electron chi connectivity index (χ0n) is 18.8. The van der Waals surface area contributed by atoms with Gasteiger partial charge in [-0.3, -0.25) is 23.6 Å². The van der Waals surface area contributed by atoms with Crippen molar-refractivity contribution in [2.24, 2.45) is 7.05 Å². The lowest BCUT2D eigenvalue weighted by molar-refractivity contribution is -0.137. The third-order valence-electron chi connectivity index (χ3n) is 5.49. The standard InChI is InChI=1S/C25H23N5O4/c1-4-18-19-9-20(24(33)27-10-16-7-5-15(2)6-8-16)25(34)30(14-22(31)32)23(19)26-12-21(18)17-11-28-29(3)13-17/h4-9,11-13H,1,10,14H2,2-3H3,(H,27,33)(H,31,32). The maximum absolute atomic E-state index is 13.1. The summed E-state index contributed by atoms with van der Waals surface area (Å²) in [5.74, 6) is -1.83. The molecule has 0 aliphatic carbocycles. The average molecular weight is 457 g/mol. The Kier molecular flexibility index (Phi) is 6.09. The molecule has 0 radical (unpaired) electrons. The highest BCUT2D eigenvalue weighted by molar-refractivity contribution is 6.00. The third kappa shape index (κ3) is 4.36. The van der Waals surface area contributed by atoms with Crippen molar-refractivity contribution >= 4 is 29.0 Å². The van der Waals surface area contributed by atoms with Crippen molar-refractivity contribution in [3.63, 3.8) is 0 Å². The van der Waals surface area contributed by atoms with E-state index in [-0.39, 0.29) is 17.8 Å². The molecule has 0 atom stereocenters. The summed E-state index contributed by atoms with van der Waals surface area (Å²) in [6.45, 7) is 5.44. The van der Waals surface area contributed by atoms with Gasteiger partial charge in [-0.15, -0.1) is 0 Å². The fourth-order valence-corrected chi connectivity index (χ4v) is 3.77. The number of benzene rings is 1. The topological polar surface area (TPSA) is 119 Å². The summed E-state index contributed by atoms with van der Waals surface area (Å²) in [5, 5.41) is 16.8. The fraction of sp³-hybridized carbons (Fsp3) is 0.160. The Morgan fingerprint density at radius 1 is 1.21 bits per heavy atom. The van der Waals surface area contributed by atoms with E-state index in [1.54, 1.807) is 36.4 Å². The molecule has 0 saturated heterocycles. The first-order valence-corrected chi connectivity index (χ1v) is 10.5. The maximum Gasteiger partial charge on any atom is 0.323 e. The molecule has 2 N–H and O–H groups in total. The van der Waals surface area contributed by atoms with Gasteiger partial charge in [0.15, 0.2) is 0 Å². The molecule has 0 spiro atoms. The van der Waals surface area contributed by atoms with Crippen LogP contribution in [0.2, 0.25) is 0 Å². The second-order valence-corrected chi connectivity index (χ2v) is 7.94. The van der Waals surface area contributed by atoms with Crippen LogP contribution in [0.4, 0.5) is 0 Å². The molecule has 0 bridgehead atoms. The van der Waals surface area contributed by atoms with Crippen LogP contribution in [-0.2, 0) is 24.9 Å². The van der Waals surface area contributed by atoms with E-state index in [4.69, 9.17) is 0 Å². The van der Waals surface area contributed by atoms with Crippen LogP contribution in [0.3, 0.4) is 0 Å². The van der Waals surface area contributed by atoms with Gasteiger partial charge in [-0.1, -0.05) is 42.5 Å². The summed E-state index contributed by atoms with van der Waals surface area (Å²) in [7, 11) is 1.78.